The highest BCUT2D eigenvalue weighted by Crippen LogP contribution is 2.49. The zero-order valence-corrected chi connectivity index (χ0v) is 13.0. The molecule has 1 saturated carbocycles. The Labute approximate surface area is 122 Å². The van der Waals surface area contributed by atoms with E-state index in [0.717, 1.165) is 25.5 Å². The molecule has 0 amide bonds. The Morgan fingerprint density at radius 1 is 1.35 bits per heavy atom. The van der Waals surface area contributed by atoms with Crippen molar-refractivity contribution in [1.82, 2.24) is 5.32 Å². The highest BCUT2D eigenvalue weighted by molar-refractivity contribution is 5.46. The van der Waals surface area contributed by atoms with Gasteiger partial charge in [-0.1, -0.05) is 32.0 Å². The molecule has 110 valence electrons. The number of hydrogen-bond acceptors (Lipinski definition) is 2. The van der Waals surface area contributed by atoms with E-state index in [2.05, 4.69) is 44.4 Å². The van der Waals surface area contributed by atoms with E-state index in [9.17, 15) is 0 Å². The van der Waals surface area contributed by atoms with Gasteiger partial charge in [0, 0.05) is 6.42 Å². The first-order valence-corrected chi connectivity index (χ1v) is 8.00. The third-order valence-electron chi connectivity index (χ3n) is 5.14. The van der Waals surface area contributed by atoms with Crippen molar-refractivity contribution in [1.29, 1.82) is 0 Å². The molecule has 2 nitrogen and oxygen atoms in total. The van der Waals surface area contributed by atoms with E-state index in [1.165, 1.54) is 36.1 Å². The fourth-order valence-corrected chi connectivity index (χ4v) is 4.04. The molecule has 1 N–H and O–H groups in total. The van der Waals surface area contributed by atoms with Crippen LogP contribution in [-0.2, 0) is 6.42 Å². The summed E-state index contributed by atoms with van der Waals surface area (Å²) in [7, 11) is 2.07. The van der Waals surface area contributed by atoms with Gasteiger partial charge in [0.05, 0.1) is 6.61 Å². The predicted molar refractivity (Wildman–Crippen MR) is 83.4 cm³/mol. The van der Waals surface area contributed by atoms with Gasteiger partial charge in [-0.25, -0.2) is 0 Å². The van der Waals surface area contributed by atoms with Crippen LogP contribution in [0.1, 0.15) is 50.2 Å². The van der Waals surface area contributed by atoms with Crippen LogP contribution in [0, 0.1) is 11.3 Å². The fourth-order valence-electron chi connectivity index (χ4n) is 4.04. The summed E-state index contributed by atoms with van der Waals surface area (Å²) in [4.78, 5) is 0. The smallest absolute Gasteiger partial charge is 0.126 e. The van der Waals surface area contributed by atoms with Crippen LogP contribution < -0.4 is 10.1 Å². The first-order valence-electron chi connectivity index (χ1n) is 8.00. The van der Waals surface area contributed by atoms with Crippen LogP contribution in [0.2, 0.25) is 0 Å². The van der Waals surface area contributed by atoms with Crippen LogP contribution in [0.3, 0.4) is 0 Å². The van der Waals surface area contributed by atoms with Crippen molar-refractivity contribution >= 4 is 0 Å². The third-order valence-corrected chi connectivity index (χ3v) is 5.14. The minimum absolute atomic E-state index is 0.455. The molecule has 3 rings (SSSR count). The molecule has 0 saturated heterocycles. The molecule has 0 bridgehead atoms. The molecule has 1 aromatic rings. The molecule has 2 aliphatic rings. The monoisotopic (exact) mass is 273 g/mol. The van der Waals surface area contributed by atoms with Gasteiger partial charge in [-0.15, -0.1) is 0 Å². The Hall–Kier alpha value is -1.02. The summed E-state index contributed by atoms with van der Waals surface area (Å²) in [5.41, 5.74) is 3.33. The van der Waals surface area contributed by atoms with Crippen molar-refractivity contribution in [3.8, 4) is 5.75 Å². The molecule has 2 atom stereocenters. The topological polar surface area (TPSA) is 21.3 Å². The number of hydrogen-bond donors (Lipinski definition) is 1. The Morgan fingerprint density at radius 3 is 3.00 bits per heavy atom. The van der Waals surface area contributed by atoms with Crippen LogP contribution in [-0.4, -0.2) is 20.2 Å². The second kappa shape index (κ2) is 5.40. The maximum absolute atomic E-state index is 5.96. The molecule has 0 radical (unpaired) electrons. The lowest BCUT2D eigenvalue weighted by atomic mass is 9.65. The molecule has 1 aromatic carbocycles. The quantitative estimate of drug-likeness (QED) is 0.905. The van der Waals surface area contributed by atoms with Crippen molar-refractivity contribution < 1.29 is 4.74 Å². The molecule has 1 aliphatic carbocycles. The lowest BCUT2D eigenvalue weighted by Gasteiger charge is -2.41. The Kier molecular flexibility index (Phi) is 3.76. The van der Waals surface area contributed by atoms with E-state index >= 15 is 0 Å². The molecule has 1 fully saturated rings. The minimum atomic E-state index is 0.455. The summed E-state index contributed by atoms with van der Waals surface area (Å²) in [5, 5.41) is 3.39. The Morgan fingerprint density at radius 2 is 2.20 bits per heavy atom. The van der Waals surface area contributed by atoms with E-state index in [1.54, 1.807) is 0 Å². The lowest BCUT2D eigenvalue weighted by molar-refractivity contribution is 0.159. The average Bonchev–Trinajstić information content (AvgIpc) is 2.89. The standard InChI is InChI=1S/C18H27NO/c1-18(2)9-7-14(12-19-3)16(11-18)15-6-4-5-13-8-10-20-17(13)15/h4-6,14,16,19H,7-12H2,1-3H3. The molecule has 0 aromatic heterocycles. The normalized spacial score (nSPS) is 27.9. The highest BCUT2D eigenvalue weighted by Gasteiger charge is 2.37. The van der Waals surface area contributed by atoms with Crippen molar-refractivity contribution in [2.45, 2.75) is 45.4 Å². The summed E-state index contributed by atoms with van der Waals surface area (Å²) in [6.45, 7) is 6.81. The van der Waals surface area contributed by atoms with E-state index in [-0.39, 0.29) is 0 Å². The number of ether oxygens (including phenoxy) is 1. The maximum Gasteiger partial charge on any atom is 0.126 e. The second-order valence-corrected chi connectivity index (χ2v) is 7.27. The molecule has 1 aliphatic heterocycles. The summed E-state index contributed by atoms with van der Waals surface area (Å²) in [6.07, 6.45) is 5.02. The number of rotatable bonds is 3. The molecular weight excluding hydrogens is 246 g/mol. The van der Waals surface area contributed by atoms with Gasteiger partial charge in [0.25, 0.3) is 0 Å². The van der Waals surface area contributed by atoms with Crippen LogP contribution in [0.5, 0.6) is 5.75 Å². The van der Waals surface area contributed by atoms with Crippen molar-refractivity contribution in [3.05, 3.63) is 29.3 Å². The zero-order valence-electron chi connectivity index (χ0n) is 13.0. The minimum Gasteiger partial charge on any atom is -0.493 e. The lowest BCUT2D eigenvalue weighted by Crippen LogP contribution is -2.34. The fraction of sp³-hybridized carbons (Fsp3) is 0.667. The van der Waals surface area contributed by atoms with Crippen LogP contribution in [0.25, 0.3) is 0 Å². The molecular formula is C18H27NO. The number of para-hydroxylation sites is 1. The van der Waals surface area contributed by atoms with Gasteiger partial charge in [-0.2, -0.15) is 0 Å². The van der Waals surface area contributed by atoms with E-state index in [4.69, 9.17) is 4.74 Å². The van der Waals surface area contributed by atoms with Crippen LogP contribution in [0.15, 0.2) is 18.2 Å². The number of benzene rings is 1. The van der Waals surface area contributed by atoms with Crippen molar-refractivity contribution in [2.24, 2.45) is 11.3 Å². The molecule has 1 heterocycles. The molecule has 2 unspecified atom stereocenters. The van der Waals surface area contributed by atoms with Gasteiger partial charge in [-0.05, 0) is 61.2 Å². The number of fused-ring (bicyclic) bond motifs is 1. The van der Waals surface area contributed by atoms with Gasteiger partial charge in [0.2, 0.25) is 0 Å². The van der Waals surface area contributed by atoms with Gasteiger partial charge in [-0.3, -0.25) is 0 Å². The zero-order chi connectivity index (χ0) is 14.2. The highest BCUT2D eigenvalue weighted by atomic mass is 16.5. The SMILES string of the molecule is CNCC1CCC(C)(C)CC1c1cccc2c1OCC2. The van der Waals surface area contributed by atoms with Crippen LogP contribution in [0.4, 0.5) is 0 Å². The molecule has 20 heavy (non-hydrogen) atoms. The summed E-state index contributed by atoms with van der Waals surface area (Å²) in [6, 6.07) is 6.76. The van der Waals surface area contributed by atoms with Gasteiger partial charge >= 0.3 is 0 Å². The van der Waals surface area contributed by atoms with Crippen molar-refractivity contribution in [3.63, 3.8) is 0 Å². The van der Waals surface area contributed by atoms with E-state index in [1.807, 2.05) is 0 Å². The summed E-state index contributed by atoms with van der Waals surface area (Å²) in [5.74, 6) is 2.58. The summed E-state index contributed by atoms with van der Waals surface area (Å²) >= 11 is 0. The number of nitrogens with one attached hydrogen (secondary N) is 1. The van der Waals surface area contributed by atoms with Crippen molar-refractivity contribution in [2.75, 3.05) is 20.2 Å². The molecule has 0 spiro atoms. The maximum atomic E-state index is 5.96. The average molecular weight is 273 g/mol. The molecule has 2 heteroatoms. The second-order valence-electron chi connectivity index (χ2n) is 7.27. The summed E-state index contributed by atoms with van der Waals surface area (Å²) < 4.78 is 5.96. The van der Waals surface area contributed by atoms with Gasteiger partial charge in [0.15, 0.2) is 0 Å². The third kappa shape index (κ3) is 2.58. The first kappa shape index (κ1) is 13.9. The van der Waals surface area contributed by atoms with E-state index in [0.29, 0.717) is 11.3 Å². The Balaban J connectivity index is 1.94. The predicted octanol–water partition coefficient (Wildman–Crippen LogP) is 3.75. The first-order chi connectivity index (χ1) is 9.61. The van der Waals surface area contributed by atoms with Gasteiger partial charge < -0.3 is 10.1 Å². The Bertz CT molecular complexity index is 480. The largest absolute Gasteiger partial charge is 0.493 e. The van der Waals surface area contributed by atoms with Gasteiger partial charge in [0.1, 0.15) is 5.75 Å². The van der Waals surface area contributed by atoms with Crippen LogP contribution >= 0.6 is 0 Å². The van der Waals surface area contributed by atoms with E-state index < -0.39 is 0 Å².